The summed E-state index contributed by atoms with van der Waals surface area (Å²) < 4.78 is 0. The number of nitrogens with zero attached hydrogens (tertiary/aromatic N) is 1. The van der Waals surface area contributed by atoms with E-state index in [2.05, 4.69) is 19.1 Å². The van der Waals surface area contributed by atoms with Gasteiger partial charge in [-0.1, -0.05) is 6.92 Å². The van der Waals surface area contributed by atoms with Crippen molar-refractivity contribution in [3.63, 3.8) is 0 Å². The maximum absolute atomic E-state index is 12.4. The number of carbonyl (C=O) groups excluding carboxylic acids is 1. The highest BCUT2D eigenvalue weighted by Crippen LogP contribution is 2.50. The smallest absolute Gasteiger partial charge is 0.226 e. The summed E-state index contributed by atoms with van der Waals surface area (Å²) in [6.45, 7) is 3.99. The molecule has 1 aliphatic carbocycles. The molecule has 1 aliphatic rings. The van der Waals surface area contributed by atoms with Crippen molar-refractivity contribution >= 4 is 17.2 Å². The van der Waals surface area contributed by atoms with E-state index >= 15 is 0 Å². The molecular formula is C15H23NO3S. The van der Waals surface area contributed by atoms with Gasteiger partial charge in [0, 0.05) is 40.6 Å². The van der Waals surface area contributed by atoms with Crippen molar-refractivity contribution in [3.05, 3.63) is 21.9 Å². The van der Waals surface area contributed by atoms with Crippen molar-refractivity contribution < 1.29 is 15.0 Å². The molecular weight excluding hydrogens is 274 g/mol. The van der Waals surface area contributed by atoms with Crippen molar-refractivity contribution in [1.29, 1.82) is 0 Å². The number of hydrogen-bond acceptors (Lipinski definition) is 4. The Bertz CT molecular complexity index is 481. The average Bonchev–Trinajstić information content (AvgIpc) is 3.12. The highest BCUT2D eigenvalue weighted by Gasteiger charge is 2.46. The first-order valence-electron chi connectivity index (χ1n) is 6.93. The van der Waals surface area contributed by atoms with Gasteiger partial charge in [0.25, 0.3) is 0 Å². The summed E-state index contributed by atoms with van der Waals surface area (Å²) in [4.78, 5) is 16.6. The number of aliphatic hydroxyl groups is 2. The topological polar surface area (TPSA) is 60.8 Å². The third-order valence-corrected chi connectivity index (χ3v) is 5.13. The van der Waals surface area contributed by atoms with Crippen LogP contribution in [0.4, 0.5) is 0 Å². The maximum Gasteiger partial charge on any atom is 0.226 e. The van der Waals surface area contributed by atoms with Crippen LogP contribution in [0.15, 0.2) is 12.1 Å². The molecule has 0 radical (unpaired) electrons. The van der Waals surface area contributed by atoms with E-state index in [1.165, 1.54) is 9.75 Å². The van der Waals surface area contributed by atoms with E-state index < -0.39 is 5.41 Å². The molecule has 0 aromatic carbocycles. The van der Waals surface area contributed by atoms with Crippen molar-refractivity contribution in [2.75, 3.05) is 26.8 Å². The zero-order chi connectivity index (χ0) is 14.9. The molecule has 0 bridgehead atoms. The Morgan fingerprint density at radius 3 is 2.60 bits per heavy atom. The van der Waals surface area contributed by atoms with Gasteiger partial charge in [-0.25, -0.2) is 0 Å². The Morgan fingerprint density at radius 1 is 1.45 bits per heavy atom. The van der Waals surface area contributed by atoms with E-state index in [-0.39, 0.29) is 25.0 Å². The number of aryl methyl sites for hydroxylation is 1. The average molecular weight is 297 g/mol. The molecule has 112 valence electrons. The lowest BCUT2D eigenvalue weighted by Crippen LogP contribution is -2.42. The Morgan fingerprint density at radius 2 is 2.10 bits per heavy atom. The van der Waals surface area contributed by atoms with Crippen molar-refractivity contribution in [2.45, 2.75) is 26.2 Å². The summed E-state index contributed by atoms with van der Waals surface area (Å²) in [6, 6.07) is 4.21. The van der Waals surface area contributed by atoms with Gasteiger partial charge < -0.3 is 15.1 Å². The van der Waals surface area contributed by atoms with Gasteiger partial charge in [0.1, 0.15) is 0 Å². The molecule has 5 heteroatoms. The summed E-state index contributed by atoms with van der Waals surface area (Å²) in [5.41, 5.74) is -0.631. The molecule has 1 amide bonds. The quantitative estimate of drug-likeness (QED) is 0.838. The Labute approximate surface area is 124 Å². The molecule has 1 fully saturated rings. The molecule has 0 saturated heterocycles. The first kappa shape index (κ1) is 15.5. The van der Waals surface area contributed by atoms with Gasteiger partial charge in [-0.15, -0.1) is 11.3 Å². The number of thiophene rings is 1. The fraction of sp³-hybridized carbons (Fsp3) is 0.667. The molecule has 0 spiro atoms. The standard InChI is InChI=1S/C15H23NO3S/c1-10-4-5-13(20-10)11-6-12(11)14(19)16(3)7-15(2,8-17)9-18/h4-5,11-12,17-18H,6-9H2,1-3H3. The molecule has 2 unspecified atom stereocenters. The third-order valence-electron chi connectivity index (χ3n) is 3.99. The fourth-order valence-corrected chi connectivity index (χ4v) is 3.57. The minimum atomic E-state index is -0.631. The largest absolute Gasteiger partial charge is 0.396 e. The maximum atomic E-state index is 12.4. The van der Waals surface area contributed by atoms with E-state index in [0.29, 0.717) is 12.5 Å². The highest BCUT2D eigenvalue weighted by molar-refractivity contribution is 7.12. The van der Waals surface area contributed by atoms with Crippen LogP contribution in [0.5, 0.6) is 0 Å². The monoisotopic (exact) mass is 297 g/mol. The molecule has 1 heterocycles. The summed E-state index contributed by atoms with van der Waals surface area (Å²) in [6.07, 6.45) is 0.915. The van der Waals surface area contributed by atoms with Gasteiger partial charge in [0.05, 0.1) is 13.2 Å². The van der Waals surface area contributed by atoms with Gasteiger partial charge in [0.2, 0.25) is 5.91 Å². The van der Waals surface area contributed by atoms with Crippen molar-refractivity contribution in [1.82, 2.24) is 4.90 Å². The van der Waals surface area contributed by atoms with Gasteiger partial charge in [-0.3, -0.25) is 4.79 Å². The van der Waals surface area contributed by atoms with Crippen molar-refractivity contribution in [3.8, 4) is 0 Å². The number of hydrogen-bond donors (Lipinski definition) is 2. The molecule has 1 aromatic rings. The molecule has 20 heavy (non-hydrogen) atoms. The summed E-state index contributed by atoms with van der Waals surface area (Å²) in [5.74, 6) is 0.548. The molecule has 4 nitrogen and oxygen atoms in total. The van der Waals surface area contributed by atoms with Gasteiger partial charge in [-0.2, -0.15) is 0 Å². The Kier molecular flexibility index (Phi) is 4.52. The van der Waals surface area contributed by atoms with Gasteiger partial charge in [0.15, 0.2) is 0 Å². The first-order chi connectivity index (χ1) is 9.40. The molecule has 2 rings (SSSR count). The number of carbonyl (C=O) groups is 1. The predicted molar refractivity (Wildman–Crippen MR) is 79.8 cm³/mol. The van der Waals surface area contributed by atoms with Crippen LogP contribution in [0.1, 0.15) is 29.0 Å². The van der Waals surface area contributed by atoms with E-state index in [4.69, 9.17) is 0 Å². The molecule has 1 saturated carbocycles. The molecule has 2 N–H and O–H groups in total. The lowest BCUT2D eigenvalue weighted by Gasteiger charge is -2.30. The second kappa shape index (κ2) is 5.84. The van der Waals surface area contributed by atoms with Crippen LogP contribution in [-0.4, -0.2) is 47.8 Å². The normalized spacial score (nSPS) is 21.9. The minimum absolute atomic E-state index is 0.0692. The zero-order valence-corrected chi connectivity index (χ0v) is 13.1. The Balaban J connectivity index is 1.93. The van der Waals surface area contributed by atoms with Crippen LogP contribution in [0.3, 0.4) is 0 Å². The van der Waals surface area contributed by atoms with Crippen LogP contribution >= 0.6 is 11.3 Å². The van der Waals surface area contributed by atoms with E-state index in [1.54, 1.807) is 30.2 Å². The Hall–Kier alpha value is -0.910. The summed E-state index contributed by atoms with van der Waals surface area (Å²) >= 11 is 1.76. The van der Waals surface area contributed by atoms with E-state index in [0.717, 1.165) is 6.42 Å². The summed E-state index contributed by atoms with van der Waals surface area (Å²) in [7, 11) is 1.75. The fourth-order valence-electron chi connectivity index (χ4n) is 2.52. The summed E-state index contributed by atoms with van der Waals surface area (Å²) in [5, 5.41) is 18.6. The lowest BCUT2D eigenvalue weighted by molar-refractivity contribution is -0.133. The van der Waals surface area contributed by atoms with Crippen molar-refractivity contribution in [2.24, 2.45) is 11.3 Å². The SMILES string of the molecule is Cc1ccc(C2CC2C(=O)N(C)CC(C)(CO)CO)s1. The number of aliphatic hydroxyl groups excluding tert-OH is 2. The lowest BCUT2D eigenvalue weighted by atomic mass is 9.92. The molecule has 1 aromatic heterocycles. The molecule has 2 atom stereocenters. The second-order valence-electron chi connectivity index (χ2n) is 6.22. The van der Waals surface area contributed by atoms with Gasteiger partial charge in [-0.05, 0) is 25.5 Å². The number of rotatable bonds is 6. The number of amides is 1. The van der Waals surface area contributed by atoms with Crippen LogP contribution < -0.4 is 0 Å². The van der Waals surface area contributed by atoms with Crippen LogP contribution in [0, 0.1) is 18.3 Å². The predicted octanol–water partition coefficient (Wildman–Crippen LogP) is 1.61. The van der Waals surface area contributed by atoms with Crippen LogP contribution in [0.25, 0.3) is 0 Å². The first-order valence-corrected chi connectivity index (χ1v) is 7.75. The van der Waals surface area contributed by atoms with E-state index in [9.17, 15) is 15.0 Å². The van der Waals surface area contributed by atoms with Gasteiger partial charge >= 0.3 is 0 Å². The highest BCUT2D eigenvalue weighted by atomic mass is 32.1. The molecule has 0 aliphatic heterocycles. The second-order valence-corrected chi connectivity index (χ2v) is 7.54. The zero-order valence-electron chi connectivity index (χ0n) is 12.3. The van der Waals surface area contributed by atoms with Crippen LogP contribution in [0.2, 0.25) is 0 Å². The minimum Gasteiger partial charge on any atom is -0.396 e. The van der Waals surface area contributed by atoms with E-state index in [1.807, 2.05) is 0 Å². The third kappa shape index (κ3) is 3.22. The van der Waals surface area contributed by atoms with Crippen LogP contribution in [-0.2, 0) is 4.79 Å².